The van der Waals surface area contributed by atoms with E-state index in [0.717, 1.165) is 6.92 Å². The van der Waals surface area contributed by atoms with Gasteiger partial charge in [0.05, 0.1) is 6.61 Å². The molecular formula is C11H18O8. The highest BCUT2D eigenvalue weighted by atomic mass is 16.8. The highest BCUT2D eigenvalue weighted by Crippen LogP contribution is 2.35. The number of esters is 2. The van der Waals surface area contributed by atoms with Crippen LogP contribution in [-0.2, 0) is 28.5 Å². The van der Waals surface area contributed by atoms with E-state index in [2.05, 4.69) is 0 Å². The molecule has 1 saturated heterocycles. The average Bonchev–Trinajstić information content (AvgIpc) is 2.63. The molecule has 2 N–H and O–H groups in total. The van der Waals surface area contributed by atoms with Crippen LogP contribution in [0.1, 0.15) is 13.8 Å². The summed E-state index contributed by atoms with van der Waals surface area (Å²) in [5, 5.41) is 18.6. The van der Waals surface area contributed by atoms with Crippen molar-refractivity contribution in [2.45, 2.75) is 37.9 Å². The number of rotatable bonds is 5. The van der Waals surface area contributed by atoms with E-state index in [0.29, 0.717) is 0 Å². The number of hydrogen-bond donors (Lipinski definition) is 2. The summed E-state index contributed by atoms with van der Waals surface area (Å²) in [6.45, 7) is 1.22. The Bertz CT molecular complexity index is 338. The van der Waals surface area contributed by atoms with Crippen molar-refractivity contribution in [2.24, 2.45) is 0 Å². The van der Waals surface area contributed by atoms with Crippen LogP contribution in [0.5, 0.6) is 0 Å². The Kier molecular flexibility index (Phi) is 5.24. The quantitative estimate of drug-likeness (QED) is 0.589. The molecule has 0 saturated carbocycles. The first kappa shape index (κ1) is 15.8. The van der Waals surface area contributed by atoms with Gasteiger partial charge in [0.2, 0.25) is 5.79 Å². The number of ether oxygens (including phenoxy) is 4. The van der Waals surface area contributed by atoms with Crippen molar-refractivity contribution in [3.05, 3.63) is 0 Å². The topological polar surface area (TPSA) is 112 Å². The molecule has 0 bridgehead atoms. The molecule has 0 spiro atoms. The standard InChI is InChI=1S/C11H18O8/c1-6(14)17-9-8(4-12)19-11(5-13,16-3)10(9)18-7(2)15/h8-10,12-13H,4-5H2,1-3H3/t8-,9-,10+,11?/m1/s1. The lowest BCUT2D eigenvalue weighted by atomic mass is 10.1. The maximum Gasteiger partial charge on any atom is 0.303 e. The zero-order valence-corrected chi connectivity index (χ0v) is 11.0. The minimum absolute atomic E-state index is 0.485. The second-order valence-electron chi connectivity index (χ2n) is 4.12. The minimum Gasteiger partial charge on any atom is -0.455 e. The van der Waals surface area contributed by atoms with E-state index >= 15 is 0 Å². The predicted octanol–water partition coefficient (Wildman–Crippen LogP) is -1.42. The normalized spacial score (nSPS) is 34.1. The molecule has 1 aliphatic heterocycles. The Morgan fingerprint density at radius 2 is 1.79 bits per heavy atom. The van der Waals surface area contributed by atoms with Crippen LogP contribution in [-0.4, -0.2) is 66.6 Å². The minimum atomic E-state index is -1.67. The van der Waals surface area contributed by atoms with E-state index in [1.165, 1.54) is 14.0 Å². The van der Waals surface area contributed by atoms with E-state index in [1.54, 1.807) is 0 Å². The molecule has 0 aromatic heterocycles. The lowest BCUT2D eigenvalue weighted by Gasteiger charge is -2.31. The summed E-state index contributed by atoms with van der Waals surface area (Å²) < 4.78 is 20.4. The lowest BCUT2D eigenvalue weighted by Crippen LogP contribution is -2.51. The van der Waals surface area contributed by atoms with Crippen molar-refractivity contribution in [1.29, 1.82) is 0 Å². The van der Waals surface area contributed by atoms with Crippen LogP contribution in [0, 0.1) is 0 Å². The smallest absolute Gasteiger partial charge is 0.303 e. The summed E-state index contributed by atoms with van der Waals surface area (Å²) in [6.07, 6.45) is -3.18. The molecule has 110 valence electrons. The van der Waals surface area contributed by atoms with Gasteiger partial charge in [0, 0.05) is 21.0 Å². The van der Waals surface area contributed by atoms with Crippen LogP contribution >= 0.6 is 0 Å². The van der Waals surface area contributed by atoms with Crippen LogP contribution in [0.15, 0.2) is 0 Å². The summed E-state index contributed by atoms with van der Waals surface area (Å²) in [5.74, 6) is -2.95. The summed E-state index contributed by atoms with van der Waals surface area (Å²) in [5.41, 5.74) is 0. The van der Waals surface area contributed by atoms with Gasteiger partial charge in [-0.3, -0.25) is 9.59 Å². The first-order valence-corrected chi connectivity index (χ1v) is 5.69. The van der Waals surface area contributed by atoms with E-state index in [4.69, 9.17) is 18.9 Å². The number of carbonyl (C=O) groups is 2. The van der Waals surface area contributed by atoms with Crippen LogP contribution < -0.4 is 0 Å². The van der Waals surface area contributed by atoms with Crippen molar-refractivity contribution in [3.8, 4) is 0 Å². The molecule has 1 rings (SSSR count). The van der Waals surface area contributed by atoms with E-state index in [-0.39, 0.29) is 0 Å². The van der Waals surface area contributed by atoms with Gasteiger partial charge in [-0.15, -0.1) is 0 Å². The highest BCUT2D eigenvalue weighted by molar-refractivity contribution is 5.67. The highest BCUT2D eigenvalue weighted by Gasteiger charge is 2.59. The Balaban J connectivity index is 3.07. The van der Waals surface area contributed by atoms with Crippen molar-refractivity contribution in [2.75, 3.05) is 20.3 Å². The first-order chi connectivity index (χ1) is 8.90. The van der Waals surface area contributed by atoms with Gasteiger partial charge in [0.15, 0.2) is 12.2 Å². The molecule has 0 aromatic rings. The van der Waals surface area contributed by atoms with Gasteiger partial charge in [-0.1, -0.05) is 0 Å². The largest absolute Gasteiger partial charge is 0.455 e. The average molecular weight is 278 g/mol. The van der Waals surface area contributed by atoms with Gasteiger partial charge < -0.3 is 29.2 Å². The maximum atomic E-state index is 11.1. The van der Waals surface area contributed by atoms with Gasteiger partial charge >= 0.3 is 11.9 Å². The van der Waals surface area contributed by atoms with Gasteiger partial charge in [0.25, 0.3) is 0 Å². The Labute approximate surface area is 110 Å². The first-order valence-electron chi connectivity index (χ1n) is 5.69. The molecule has 1 heterocycles. The fourth-order valence-corrected chi connectivity index (χ4v) is 2.00. The Morgan fingerprint density at radius 1 is 1.21 bits per heavy atom. The molecule has 1 fully saturated rings. The van der Waals surface area contributed by atoms with Crippen molar-refractivity contribution < 1.29 is 38.7 Å². The number of aliphatic hydroxyl groups is 2. The number of aliphatic hydroxyl groups excluding tert-OH is 2. The fourth-order valence-electron chi connectivity index (χ4n) is 2.00. The molecular weight excluding hydrogens is 260 g/mol. The molecule has 19 heavy (non-hydrogen) atoms. The molecule has 0 aliphatic carbocycles. The van der Waals surface area contributed by atoms with Crippen LogP contribution in [0.2, 0.25) is 0 Å². The summed E-state index contributed by atoms with van der Waals surface area (Å²) in [4.78, 5) is 22.2. The van der Waals surface area contributed by atoms with E-state index in [1.807, 2.05) is 0 Å². The van der Waals surface area contributed by atoms with Gasteiger partial charge in [-0.05, 0) is 0 Å². The number of hydrogen-bond acceptors (Lipinski definition) is 8. The summed E-state index contributed by atoms with van der Waals surface area (Å²) in [7, 11) is 1.25. The predicted molar refractivity (Wildman–Crippen MR) is 59.9 cm³/mol. The fraction of sp³-hybridized carbons (Fsp3) is 0.818. The molecule has 8 heteroatoms. The zero-order valence-electron chi connectivity index (χ0n) is 11.0. The van der Waals surface area contributed by atoms with Crippen molar-refractivity contribution in [1.82, 2.24) is 0 Å². The molecule has 1 aliphatic rings. The molecule has 8 nitrogen and oxygen atoms in total. The number of methoxy groups -OCH3 is 1. The molecule has 0 radical (unpaired) electrons. The van der Waals surface area contributed by atoms with Gasteiger partial charge in [-0.2, -0.15) is 0 Å². The molecule has 0 amide bonds. The summed E-state index contributed by atoms with van der Waals surface area (Å²) >= 11 is 0. The van der Waals surface area contributed by atoms with Crippen LogP contribution in [0.3, 0.4) is 0 Å². The second-order valence-corrected chi connectivity index (χ2v) is 4.12. The van der Waals surface area contributed by atoms with Crippen molar-refractivity contribution in [3.63, 3.8) is 0 Å². The lowest BCUT2D eigenvalue weighted by molar-refractivity contribution is -0.267. The van der Waals surface area contributed by atoms with Gasteiger partial charge in [0.1, 0.15) is 12.7 Å². The third kappa shape index (κ3) is 3.21. The monoisotopic (exact) mass is 278 g/mol. The second kappa shape index (κ2) is 6.29. The van der Waals surface area contributed by atoms with E-state index in [9.17, 15) is 19.8 Å². The Hall–Kier alpha value is -1.22. The third-order valence-corrected chi connectivity index (χ3v) is 2.79. The Morgan fingerprint density at radius 3 is 2.16 bits per heavy atom. The summed E-state index contributed by atoms with van der Waals surface area (Å²) in [6, 6.07) is 0. The third-order valence-electron chi connectivity index (χ3n) is 2.79. The molecule has 1 unspecified atom stereocenters. The van der Waals surface area contributed by atoms with Crippen LogP contribution in [0.4, 0.5) is 0 Å². The number of carbonyl (C=O) groups excluding carboxylic acids is 2. The van der Waals surface area contributed by atoms with Crippen molar-refractivity contribution >= 4 is 11.9 Å². The molecule has 0 aromatic carbocycles. The maximum absolute atomic E-state index is 11.1. The zero-order chi connectivity index (χ0) is 14.6. The van der Waals surface area contributed by atoms with Gasteiger partial charge in [-0.25, -0.2) is 0 Å². The van der Waals surface area contributed by atoms with E-state index < -0.39 is 49.3 Å². The molecule has 4 atom stereocenters. The SMILES string of the molecule is COC1(CO)O[C@H](CO)[C@@H](OC(C)=O)[C@@H]1OC(C)=O. The van der Waals surface area contributed by atoms with Crippen LogP contribution in [0.25, 0.3) is 0 Å².